The van der Waals surface area contributed by atoms with E-state index in [1.807, 2.05) is 24.4 Å². The lowest BCUT2D eigenvalue weighted by molar-refractivity contribution is 0.0954. The first-order valence-corrected chi connectivity index (χ1v) is 6.84. The molecule has 1 aromatic heterocycles. The number of rotatable bonds is 3. The number of aryl methyl sites for hydroxylation is 1. The number of carbonyl (C=O) groups is 1. The van der Waals surface area contributed by atoms with Gasteiger partial charge < -0.3 is 0 Å². The van der Waals surface area contributed by atoms with Crippen molar-refractivity contribution in [3.8, 4) is 0 Å². The van der Waals surface area contributed by atoms with Crippen LogP contribution in [0.2, 0.25) is 0 Å². The highest BCUT2D eigenvalue weighted by Gasteiger charge is 2.07. The molecule has 0 aliphatic carbocycles. The zero-order chi connectivity index (χ0) is 13.0. The minimum Gasteiger partial charge on any atom is -0.267 e. The molecule has 0 aliphatic rings. The van der Waals surface area contributed by atoms with Gasteiger partial charge >= 0.3 is 0 Å². The number of halogens is 1. The van der Waals surface area contributed by atoms with Gasteiger partial charge in [-0.3, -0.25) is 4.79 Å². The molecule has 1 aromatic carbocycles. The van der Waals surface area contributed by atoms with Crippen molar-refractivity contribution in [3.63, 3.8) is 0 Å². The van der Waals surface area contributed by atoms with Crippen molar-refractivity contribution in [2.75, 3.05) is 0 Å². The fourth-order valence-electron chi connectivity index (χ4n) is 1.30. The number of amides is 1. The Morgan fingerprint density at radius 3 is 2.94 bits per heavy atom. The SMILES string of the molecule is Cc1nc(/C=N\NC(=O)c2ccccc2Br)cs1. The maximum Gasteiger partial charge on any atom is 0.272 e. The minimum atomic E-state index is -0.259. The van der Waals surface area contributed by atoms with E-state index in [0.717, 1.165) is 15.2 Å². The van der Waals surface area contributed by atoms with Crippen molar-refractivity contribution in [1.82, 2.24) is 10.4 Å². The first-order chi connectivity index (χ1) is 8.66. The van der Waals surface area contributed by atoms with E-state index in [4.69, 9.17) is 0 Å². The maximum atomic E-state index is 11.8. The van der Waals surface area contributed by atoms with E-state index < -0.39 is 0 Å². The third-order valence-corrected chi connectivity index (χ3v) is 3.60. The van der Waals surface area contributed by atoms with Crippen molar-refractivity contribution in [3.05, 3.63) is 50.4 Å². The van der Waals surface area contributed by atoms with Crippen molar-refractivity contribution < 1.29 is 4.79 Å². The molecule has 0 aliphatic heterocycles. The predicted octanol–water partition coefficient (Wildman–Crippen LogP) is 2.98. The summed E-state index contributed by atoms with van der Waals surface area (Å²) in [7, 11) is 0. The van der Waals surface area contributed by atoms with Crippen molar-refractivity contribution in [2.45, 2.75) is 6.92 Å². The molecular weight excluding hydrogens is 314 g/mol. The summed E-state index contributed by atoms with van der Waals surface area (Å²) in [5.41, 5.74) is 3.75. The zero-order valence-corrected chi connectivity index (χ0v) is 12.0. The van der Waals surface area contributed by atoms with Crippen LogP contribution in [-0.2, 0) is 0 Å². The molecule has 4 nitrogen and oxygen atoms in total. The van der Waals surface area contributed by atoms with Gasteiger partial charge in [0.2, 0.25) is 0 Å². The largest absolute Gasteiger partial charge is 0.272 e. The number of benzene rings is 1. The van der Waals surface area contributed by atoms with Crippen LogP contribution in [0.5, 0.6) is 0 Å². The quantitative estimate of drug-likeness (QED) is 0.697. The number of hydrogen-bond acceptors (Lipinski definition) is 4. The number of aromatic nitrogens is 1. The molecule has 1 amide bonds. The summed E-state index contributed by atoms with van der Waals surface area (Å²) in [5.74, 6) is -0.259. The second kappa shape index (κ2) is 5.88. The Morgan fingerprint density at radius 1 is 1.50 bits per heavy atom. The minimum absolute atomic E-state index is 0.259. The number of hydrogen-bond donors (Lipinski definition) is 1. The van der Waals surface area contributed by atoms with Gasteiger partial charge in [0.25, 0.3) is 5.91 Å². The number of carbonyl (C=O) groups excluding carboxylic acids is 1. The second-order valence-corrected chi connectivity index (χ2v) is 5.39. The third kappa shape index (κ3) is 3.24. The van der Waals surface area contributed by atoms with Crippen LogP contribution in [0.3, 0.4) is 0 Å². The molecule has 0 saturated heterocycles. The Bertz CT molecular complexity index is 595. The fraction of sp³-hybridized carbons (Fsp3) is 0.0833. The highest BCUT2D eigenvalue weighted by atomic mass is 79.9. The van der Waals surface area contributed by atoms with Gasteiger partial charge in [0.1, 0.15) is 0 Å². The molecule has 0 saturated carbocycles. The summed E-state index contributed by atoms with van der Waals surface area (Å²) in [6.45, 7) is 1.92. The van der Waals surface area contributed by atoms with E-state index in [1.54, 1.807) is 12.1 Å². The molecule has 0 unspecified atom stereocenters. The molecular formula is C12H10BrN3OS. The van der Waals surface area contributed by atoms with E-state index in [1.165, 1.54) is 17.6 Å². The maximum absolute atomic E-state index is 11.8. The molecule has 0 atom stereocenters. The predicted molar refractivity (Wildman–Crippen MR) is 76.1 cm³/mol. The van der Waals surface area contributed by atoms with Crippen molar-refractivity contribution in [1.29, 1.82) is 0 Å². The Labute approximate surface area is 117 Å². The average Bonchev–Trinajstić information content (AvgIpc) is 2.75. The highest BCUT2D eigenvalue weighted by molar-refractivity contribution is 9.10. The summed E-state index contributed by atoms with van der Waals surface area (Å²) in [5, 5.41) is 6.72. The normalized spacial score (nSPS) is 10.8. The van der Waals surface area contributed by atoms with Gasteiger partial charge in [-0.15, -0.1) is 11.3 Å². The number of nitrogens with one attached hydrogen (secondary N) is 1. The molecule has 92 valence electrons. The Kier molecular flexibility index (Phi) is 4.22. The Morgan fingerprint density at radius 2 is 2.28 bits per heavy atom. The van der Waals surface area contributed by atoms with Gasteiger partial charge in [-0.05, 0) is 35.0 Å². The summed E-state index contributed by atoms with van der Waals surface area (Å²) in [6.07, 6.45) is 1.53. The molecule has 6 heteroatoms. The fourth-order valence-corrected chi connectivity index (χ4v) is 2.33. The summed E-state index contributed by atoms with van der Waals surface area (Å²) < 4.78 is 0.738. The van der Waals surface area contributed by atoms with E-state index in [0.29, 0.717) is 5.56 Å². The second-order valence-electron chi connectivity index (χ2n) is 3.47. The Balaban J connectivity index is 2.01. The Hall–Kier alpha value is -1.53. The summed E-state index contributed by atoms with van der Waals surface area (Å²) in [4.78, 5) is 16.0. The summed E-state index contributed by atoms with van der Waals surface area (Å²) >= 11 is 4.85. The van der Waals surface area contributed by atoms with Crippen LogP contribution in [0.4, 0.5) is 0 Å². The lowest BCUT2D eigenvalue weighted by atomic mass is 10.2. The van der Waals surface area contributed by atoms with E-state index in [9.17, 15) is 4.79 Å². The van der Waals surface area contributed by atoms with Crippen LogP contribution in [0.25, 0.3) is 0 Å². The van der Waals surface area contributed by atoms with E-state index in [-0.39, 0.29) is 5.91 Å². The van der Waals surface area contributed by atoms with Gasteiger partial charge in [0.05, 0.1) is 22.5 Å². The smallest absolute Gasteiger partial charge is 0.267 e. The average molecular weight is 324 g/mol. The van der Waals surface area contributed by atoms with Crippen LogP contribution in [0, 0.1) is 6.92 Å². The van der Waals surface area contributed by atoms with Crippen LogP contribution >= 0.6 is 27.3 Å². The zero-order valence-electron chi connectivity index (χ0n) is 9.55. The molecule has 2 rings (SSSR count). The van der Waals surface area contributed by atoms with Crippen LogP contribution < -0.4 is 5.43 Å². The highest BCUT2D eigenvalue weighted by Crippen LogP contribution is 2.15. The van der Waals surface area contributed by atoms with Crippen molar-refractivity contribution >= 4 is 39.4 Å². The van der Waals surface area contributed by atoms with Gasteiger partial charge in [0.15, 0.2) is 0 Å². The molecule has 0 radical (unpaired) electrons. The monoisotopic (exact) mass is 323 g/mol. The first-order valence-electron chi connectivity index (χ1n) is 5.17. The third-order valence-electron chi connectivity index (χ3n) is 2.12. The molecule has 1 heterocycles. The van der Waals surface area contributed by atoms with Gasteiger partial charge in [-0.1, -0.05) is 12.1 Å². The molecule has 0 fully saturated rings. The van der Waals surface area contributed by atoms with Crippen LogP contribution in [-0.4, -0.2) is 17.1 Å². The number of thiazole rings is 1. The lowest BCUT2D eigenvalue weighted by Gasteiger charge is -2.01. The van der Waals surface area contributed by atoms with Crippen LogP contribution in [0.15, 0.2) is 39.2 Å². The first kappa shape index (κ1) is 12.9. The lowest BCUT2D eigenvalue weighted by Crippen LogP contribution is -2.18. The molecule has 1 N–H and O–H groups in total. The van der Waals surface area contributed by atoms with Crippen molar-refractivity contribution in [2.24, 2.45) is 5.10 Å². The standard InChI is InChI=1S/C12H10BrN3OS/c1-8-15-9(7-18-8)6-14-16-12(17)10-4-2-3-5-11(10)13/h2-7H,1H3,(H,16,17)/b14-6-. The molecule has 0 bridgehead atoms. The molecule has 2 aromatic rings. The van der Waals surface area contributed by atoms with Gasteiger partial charge in [0, 0.05) is 9.85 Å². The number of nitrogens with zero attached hydrogens (tertiary/aromatic N) is 2. The van der Waals surface area contributed by atoms with E-state index >= 15 is 0 Å². The van der Waals surface area contributed by atoms with E-state index in [2.05, 4.69) is 31.4 Å². The molecule has 0 spiro atoms. The van der Waals surface area contributed by atoms with Crippen LogP contribution in [0.1, 0.15) is 21.1 Å². The summed E-state index contributed by atoms with van der Waals surface area (Å²) in [6, 6.07) is 7.18. The van der Waals surface area contributed by atoms with Gasteiger partial charge in [-0.25, -0.2) is 10.4 Å². The molecule has 18 heavy (non-hydrogen) atoms. The topological polar surface area (TPSA) is 54.4 Å². The number of hydrazone groups is 1. The van der Waals surface area contributed by atoms with Gasteiger partial charge in [-0.2, -0.15) is 5.10 Å².